The Labute approximate surface area is 235 Å². The van der Waals surface area contributed by atoms with Crippen molar-refractivity contribution in [2.45, 2.75) is 44.4 Å². The summed E-state index contributed by atoms with van der Waals surface area (Å²) in [5.74, 6) is -0.383. The van der Waals surface area contributed by atoms with E-state index in [0.29, 0.717) is 12.3 Å². The summed E-state index contributed by atoms with van der Waals surface area (Å²) in [5, 5.41) is 15.3. The maximum Gasteiger partial charge on any atom is 0.352 e. The molecule has 3 unspecified atom stereocenters. The summed E-state index contributed by atoms with van der Waals surface area (Å²) in [4.78, 5) is 13.1. The van der Waals surface area contributed by atoms with Crippen LogP contribution in [-0.2, 0) is 6.61 Å². The minimum atomic E-state index is -0.903. The van der Waals surface area contributed by atoms with Gasteiger partial charge in [-0.3, -0.25) is 0 Å². The van der Waals surface area contributed by atoms with Crippen LogP contribution in [0.2, 0.25) is 0 Å². The van der Waals surface area contributed by atoms with E-state index in [4.69, 9.17) is 4.74 Å². The average Bonchev–Trinajstić information content (AvgIpc) is 3.65. The third-order valence-electron chi connectivity index (χ3n) is 8.12. The minimum absolute atomic E-state index is 0.00237. The molecular weight excluding hydrogens is 496 g/mol. The number of carboxylic acid groups (broad SMARTS) is 1. The van der Waals surface area contributed by atoms with Crippen molar-refractivity contribution in [2.24, 2.45) is 0 Å². The number of carboxylic acids is 1. The molecule has 3 atom stereocenters. The number of hydrogen-bond acceptors (Lipinski definition) is 3. The SMILES string of the molecule is CC(C1CCCN1)n1c(C(=O)O)c(C(c2ccccc2)c2ccc(OCc3ccccc3)cc2)c2ccccc21. The van der Waals surface area contributed by atoms with E-state index < -0.39 is 5.97 Å². The van der Waals surface area contributed by atoms with Crippen molar-refractivity contribution in [1.82, 2.24) is 9.88 Å². The lowest BCUT2D eigenvalue weighted by molar-refractivity contribution is 0.0681. The number of fused-ring (bicyclic) bond motifs is 1. The quantitative estimate of drug-likeness (QED) is 0.208. The Morgan fingerprint density at radius 2 is 1.55 bits per heavy atom. The number of aromatic carboxylic acids is 1. The first kappa shape index (κ1) is 25.9. The van der Waals surface area contributed by atoms with Crippen LogP contribution in [-0.4, -0.2) is 28.2 Å². The predicted molar refractivity (Wildman–Crippen MR) is 159 cm³/mol. The van der Waals surface area contributed by atoms with Crippen molar-refractivity contribution < 1.29 is 14.6 Å². The van der Waals surface area contributed by atoms with E-state index in [0.717, 1.165) is 58.3 Å². The molecule has 1 aliphatic rings. The third kappa shape index (κ3) is 5.01. The van der Waals surface area contributed by atoms with E-state index in [-0.39, 0.29) is 18.0 Å². The van der Waals surface area contributed by atoms with Crippen LogP contribution in [0.5, 0.6) is 5.75 Å². The van der Waals surface area contributed by atoms with Crippen molar-refractivity contribution in [3.63, 3.8) is 0 Å². The predicted octanol–water partition coefficient (Wildman–Crippen LogP) is 7.41. The van der Waals surface area contributed by atoms with Crippen LogP contribution in [0.25, 0.3) is 10.9 Å². The zero-order chi connectivity index (χ0) is 27.5. The van der Waals surface area contributed by atoms with E-state index in [2.05, 4.69) is 53.2 Å². The number of carbonyl (C=O) groups is 1. The van der Waals surface area contributed by atoms with Gasteiger partial charge in [-0.25, -0.2) is 4.79 Å². The maximum atomic E-state index is 13.1. The standard InChI is InChI=1S/C35H34N2O3/c1-24(30-16-10-22-36-30)37-31-17-9-8-15-29(31)33(34(37)35(38)39)32(26-13-6-3-7-14-26)27-18-20-28(21-19-27)40-23-25-11-4-2-5-12-25/h2-9,11-15,17-21,24,30,32,36H,10,16,22-23H2,1H3,(H,38,39). The zero-order valence-electron chi connectivity index (χ0n) is 22.7. The molecule has 1 fully saturated rings. The van der Waals surface area contributed by atoms with Gasteiger partial charge >= 0.3 is 5.97 Å². The fourth-order valence-corrected chi connectivity index (χ4v) is 6.19. The number of nitrogens with one attached hydrogen (secondary N) is 1. The molecule has 5 nitrogen and oxygen atoms in total. The lowest BCUT2D eigenvalue weighted by Gasteiger charge is -2.25. The van der Waals surface area contributed by atoms with Gasteiger partial charge in [0.2, 0.25) is 0 Å². The molecule has 0 saturated carbocycles. The monoisotopic (exact) mass is 530 g/mol. The van der Waals surface area contributed by atoms with Gasteiger partial charge in [0, 0.05) is 34.5 Å². The normalized spacial score (nSPS) is 16.6. The second-order valence-corrected chi connectivity index (χ2v) is 10.6. The van der Waals surface area contributed by atoms with Gasteiger partial charge in [0.15, 0.2) is 0 Å². The smallest absolute Gasteiger partial charge is 0.352 e. The van der Waals surface area contributed by atoms with Gasteiger partial charge in [-0.05, 0) is 61.2 Å². The first-order chi connectivity index (χ1) is 19.6. The van der Waals surface area contributed by atoms with E-state index in [9.17, 15) is 9.90 Å². The first-order valence-electron chi connectivity index (χ1n) is 14.0. The van der Waals surface area contributed by atoms with Gasteiger partial charge in [-0.2, -0.15) is 0 Å². The molecule has 40 heavy (non-hydrogen) atoms. The molecule has 4 aromatic carbocycles. The second kappa shape index (κ2) is 11.4. The van der Waals surface area contributed by atoms with Crippen molar-refractivity contribution >= 4 is 16.9 Å². The Bertz CT molecular complexity index is 1590. The molecule has 5 heteroatoms. The van der Waals surface area contributed by atoms with Crippen molar-refractivity contribution in [3.8, 4) is 5.75 Å². The molecule has 2 N–H and O–H groups in total. The highest BCUT2D eigenvalue weighted by atomic mass is 16.5. The molecule has 202 valence electrons. The summed E-state index contributed by atoms with van der Waals surface area (Å²) < 4.78 is 8.12. The van der Waals surface area contributed by atoms with Crippen molar-refractivity contribution in [1.29, 1.82) is 0 Å². The second-order valence-electron chi connectivity index (χ2n) is 10.6. The van der Waals surface area contributed by atoms with Crippen LogP contribution in [0.15, 0.2) is 109 Å². The number of para-hydroxylation sites is 1. The number of benzene rings is 4. The van der Waals surface area contributed by atoms with Gasteiger partial charge < -0.3 is 19.7 Å². The molecule has 0 spiro atoms. The minimum Gasteiger partial charge on any atom is -0.489 e. The molecule has 0 amide bonds. The molecule has 2 heterocycles. The summed E-state index contributed by atoms with van der Waals surface area (Å²) in [6.45, 7) is 3.60. The lowest BCUT2D eigenvalue weighted by atomic mass is 9.83. The average molecular weight is 531 g/mol. The van der Waals surface area contributed by atoms with Crippen LogP contribution in [0.4, 0.5) is 0 Å². The Morgan fingerprint density at radius 1 is 0.900 bits per heavy atom. The lowest BCUT2D eigenvalue weighted by Crippen LogP contribution is -2.32. The molecule has 0 radical (unpaired) electrons. The first-order valence-corrected chi connectivity index (χ1v) is 14.0. The van der Waals surface area contributed by atoms with E-state index >= 15 is 0 Å². The molecule has 0 aliphatic carbocycles. The highest BCUT2D eigenvalue weighted by molar-refractivity contribution is 5.99. The molecule has 6 rings (SSSR count). The summed E-state index contributed by atoms with van der Waals surface area (Å²) in [6.07, 6.45) is 2.14. The van der Waals surface area contributed by atoms with E-state index in [1.807, 2.05) is 72.8 Å². The van der Waals surface area contributed by atoms with Gasteiger partial charge in [0.05, 0.1) is 0 Å². The summed E-state index contributed by atoms with van der Waals surface area (Å²) in [6, 6.07) is 36.8. The van der Waals surface area contributed by atoms with Crippen LogP contribution in [0.3, 0.4) is 0 Å². The van der Waals surface area contributed by atoms with Crippen molar-refractivity contribution in [3.05, 3.63) is 137 Å². The summed E-state index contributed by atoms with van der Waals surface area (Å²) in [7, 11) is 0. The number of ether oxygens (including phenoxy) is 1. The third-order valence-corrected chi connectivity index (χ3v) is 8.12. The van der Waals surface area contributed by atoms with Crippen LogP contribution < -0.4 is 10.1 Å². The Balaban J connectivity index is 1.47. The fraction of sp³-hybridized carbons (Fsp3) is 0.229. The molecule has 1 aliphatic heterocycles. The number of hydrogen-bond donors (Lipinski definition) is 2. The van der Waals surface area contributed by atoms with Crippen LogP contribution in [0.1, 0.15) is 64.5 Å². The summed E-state index contributed by atoms with van der Waals surface area (Å²) in [5.41, 5.74) is 5.34. The van der Waals surface area contributed by atoms with Crippen LogP contribution >= 0.6 is 0 Å². The number of rotatable bonds is 9. The van der Waals surface area contributed by atoms with Crippen molar-refractivity contribution in [2.75, 3.05) is 6.54 Å². The fourth-order valence-electron chi connectivity index (χ4n) is 6.19. The summed E-state index contributed by atoms with van der Waals surface area (Å²) >= 11 is 0. The Hall–Kier alpha value is -4.35. The van der Waals surface area contributed by atoms with Crippen LogP contribution in [0, 0.1) is 0 Å². The molecule has 0 bridgehead atoms. The number of nitrogens with zero attached hydrogens (tertiary/aromatic N) is 1. The largest absolute Gasteiger partial charge is 0.489 e. The van der Waals surface area contributed by atoms with E-state index in [1.165, 1.54) is 0 Å². The highest BCUT2D eigenvalue weighted by Crippen LogP contribution is 2.42. The Morgan fingerprint density at radius 3 is 2.23 bits per heavy atom. The molecule has 1 saturated heterocycles. The van der Waals surface area contributed by atoms with E-state index in [1.54, 1.807) is 0 Å². The van der Waals surface area contributed by atoms with Gasteiger partial charge in [-0.15, -0.1) is 0 Å². The molecule has 1 aromatic heterocycles. The van der Waals surface area contributed by atoms with Gasteiger partial charge in [0.25, 0.3) is 0 Å². The van der Waals surface area contributed by atoms with Gasteiger partial charge in [-0.1, -0.05) is 91.0 Å². The Kier molecular flexibility index (Phi) is 7.39. The zero-order valence-corrected chi connectivity index (χ0v) is 22.7. The molecule has 5 aromatic rings. The molecular formula is C35H34N2O3. The highest BCUT2D eigenvalue weighted by Gasteiger charge is 2.34. The topological polar surface area (TPSA) is 63.5 Å². The number of aromatic nitrogens is 1. The maximum absolute atomic E-state index is 13.1. The van der Waals surface area contributed by atoms with Gasteiger partial charge in [0.1, 0.15) is 18.1 Å².